The molecular weight excluding hydrogens is 810 g/mol. The van der Waals surface area contributed by atoms with Gasteiger partial charge in [-0.2, -0.15) is 0 Å². The molecule has 4 N–H and O–H groups in total. The second kappa shape index (κ2) is 16.7. The van der Waals surface area contributed by atoms with Crippen molar-refractivity contribution in [3.05, 3.63) is 66.3 Å². The first-order valence-electron chi connectivity index (χ1n) is 21.9. The number of ether oxygens (including phenoxy) is 3. The van der Waals surface area contributed by atoms with Gasteiger partial charge in [0.15, 0.2) is 12.0 Å². The predicted molar refractivity (Wildman–Crippen MR) is 231 cm³/mol. The summed E-state index contributed by atoms with van der Waals surface area (Å²) in [5, 5.41) is 5.85. The van der Waals surface area contributed by atoms with Crippen LogP contribution in [0, 0.1) is 23.6 Å². The van der Waals surface area contributed by atoms with Crippen LogP contribution in [0.5, 0.6) is 5.75 Å². The molecule has 1 saturated carbocycles. The molecule has 4 aliphatic rings. The topological polar surface area (TPSA) is 189 Å². The Balaban J connectivity index is 0.983. The molecule has 0 bridgehead atoms. The maximum atomic E-state index is 17.0. The number of carbonyl (C=O) groups is 4. The minimum absolute atomic E-state index is 0.147. The number of hydrogen-bond acceptors (Lipinski definition) is 9. The average molecular weight is 864 g/mol. The molecule has 6 heterocycles. The summed E-state index contributed by atoms with van der Waals surface area (Å²) in [6.07, 6.45) is 6.74. The maximum Gasteiger partial charge on any atom is 0.407 e. The largest absolute Gasteiger partial charge is 0.469 e. The number of halogens is 1. The van der Waals surface area contributed by atoms with E-state index in [1.165, 1.54) is 14.2 Å². The number of rotatable bonds is 11. The number of H-pyrrole nitrogens is 2. The van der Waals surface area contributed by atoms with E-state index in [-0.39, 0.29) is 47.5 Å². The van der Waals surface area contributed by atoms with E-state index >= 15 is 4.39 Å². The van der Waals surface area contributed by atoms with Crippen molar-refractivity contribution in [2.24, 2.45) is 17.8 Å². The van der Waals surface area contributed by atoms with Crippen molar-refractivity contribution in [1.29, 1.82) is 0 Å². The van der Waals surface area contributed by atoms with Crippen LogP contribution in [-0.4, -0.2) is 97.7 Å². The van der Waals surface area contributed by atoms with E-state index in [1.54, 1.807) is 22.2 Å². The number of amides is 4. The fraction of sp³-hybridized carbons (Fsp3) is 0.478. The molecular formula is C46H54FN9O7. The normalized spacial score (nSPS) is 20.4. The summed E-state index contributed by atoms with van der Waals surface area (Å²) >= 11 is 0. The number of fused-ring (bicyclic) bond motifs is 5. The van der Waals surface area contributed by atoms with Crippen LogP contribution in [0.15, 0.2) is 48.8 Å². The van der Waals surface area contributed by atoms with Crippen LogP contribution in [0.1, 0.15) is 96.2 Å². The van der Waals surface area contributed by atoms with Crippen molar-refractivity contribution in [1.82, 2.24) is 44.9 Å². The SMILES string of the molecule is COC(=O)N[C@H](C(=O)N1CCC[C@H]1c1ncc(-c2ccc3c(c2)OC(C2CC2)n2c-3c(F)c3cc(-c4cnc([C@@H]5CCCN5C(=O)[C@@H](NC(=O)OC)C(C)C)[nH]4)ccc32)[nH]1)C(C)C. The van der Waals surface area contributed by atoms with Crippen LogP contribution in [0.3, 0.4) is 0 Å². The van der Waals surface area contributed by atoms with Gasteiger partial charge >= 0.3 is 12.2 Å². The quantitative estimate of drug-likeness (QED) is 0.104. The van der Waals surface area contributed by atoms with Crippen LogP contribution >= 0.6 is 0 Å². The van der Waals surface area contributed by atoms with Gasteiger partial charge in [0.2, 0.25) is 11.8 Å². The summed E-state index contributed by atoms with van der Waals surface area (Å²) < 4.78 is 35.3. The molecule has 9 rings (SSSR count). The van der Waals surface area contributed by atoms with Crippen molar-refractivity contribution in [2.45, 2.75) is 96.6 Å². The molecule has 5 aromatic rings. The highest BCUT2D eigenvalue weighted by atomic mass is 19.1. The maximum absolute atomic E-state index is 17.0. The van der Waals surface area contributed by atoms with Gasteiger partial charge in [-0.1, -0.05) is 39.8 Å². The molecule has 3 fully saturated rings. The summed E-state index contributed by atoms with van der Waals surface area (Å²) in [7, 11) is 2.55. The van der Waals surface area contributed by atoms with Gasteiger partial charge in [-0.15, -0.1) is 0 Å². The lowest BCUT2D eigenvalue weighted by Gasteiger charge is -2.30. The zero-order chi connectivity index (χ0) is 44.3. The molecule has 3 aromatic heterocycles. The molecule has 5 atom stereocenters. The fourth-order valence-corrected chi connectivity index (χ4v) is 9.50. The zero-order valence-electron chi connectivity index (χ0n) is 36.4. The molecule has 3 aliphatic heterocycles. The highest BCUT2D eigenvalue weighted by molar-refractivity contribution is 5.93. The third-order valence-electron chi connectivity index (χ3n) is 13.0. The average Bonchev–Trinajstić information content (AvgIpc) is 3.83. The van der Waals surface area contributed by atoms with E-state index in [9.17, 15) is 19.2 Å². The molecule has 332 valence electrons. The number of hydrogen-bond donors (Lipinski definition) is 4. The summed E-state index contributed by atoms with van der Waals surface area (Å²) in [5.74, 6) is 1.09. The third kappa shape index (κ3) is 7.64. The van der Waals surface area contributed by atoms with Crippen molar-refractivity contribution in [2.75, 3.05) is 27.3 Å². The second-order valence-corrected chi connectivity index (χ2v) is 17.8. The minimum atomic E-state index is -0.744. The number of nitrogens with zero attached hydrogens (tertiary/aromatic N) is 5. The van der Waals surface area contributed by atoms with Crippen molar-refractivity contribution in [3.8, 4) is 39.5 Å². The summed E-state index contributed by atoms with van der Waals surface area (Å²) in [6.45, 7) is 8.61. The number of likely N-dealkylation sites (tertiary alicyclic amines) is 2. The molecule has 2 saturated heterocycles. The molecule has 17 heteroatoms. The van der Waals surface area contributed by atoms with Crippen LogP contribution in [0.25, 0.3) is 44.7 Å². The van der Waals surface area contributed by atoms with Gasteiger partial charge in [0.25, 0.3) is 0 Å². The third-order valence-corrected chi connectivity index (χ3v) is 13.0. The molecule has 2 aromatic carbocycles. The van der Waals surface area contributed by atoms with E-state index in [4.69, 9.17) is 24.2 Å². The van der Waals surface area contributed by atoms with Gasteiger partial charge in [0, 0.05) is 41.1 Å². The van der Waals surface area contributed by atoms with Gasteiger partial charge in [-0.3, -0.25) is 9.59 Å². The van der Waals surface area contributed by atoms with Crippen molar-refractivity contribution in [3.63, 3.8) is 0 Å². The van der Waals surface area contributed by atoms with Crippen LogP contribution in [0.4, 0.5) is 14.0 Å². The minimum Gasteiger partial charge on any atom is -0.469 e. The van der Waals surface area contributed by atoms with Crippen molar-refractivity contribution >= 4 is 34.9 Å². The zero-order valence-corrected chi connectivity index (χ0v) is 36.4. The second-order valence-electron chi connectivity index (χ2n) is 17.8. The Kier molecular flexibility index (Phi) is 11.1. The van der Waals surface area contributed by atoms with E-state index < -0.39 is 30.5 Å². The Morgan fingerprint density at radius 2 is 1.29 bits per heavy atom. The van der Waals surface area contributed by atoms with E-state index in [2.05, 4.69) is 20.6 Å². The number of aromatic nitrogens is 5. The first kappa shape index (κ1) is 41.9. The number of aromatic amines is 2. The Labute approximate surface area is 364 Å². The lowest BCUT2D eigenvalue weighted by molar-refractivity contribution is -0.136. The van der Waals surface area contributed by atoms with Gasteiger partial charge in [-0.05, 0) is 74.6 Å². The molecule has 4 amide bonds. The molecule has 63 heavy (non-hydrogen) atoms. The predicted octanol–water partition coefficient (Wildman–Crippen LogP) is 7.62. The number of nitrogens with one attached hydrogen (secondary N) is 4. The monoisotopic (exact) mass is 863 g/mol. The number of benzene rings is 2. The fourth-order valence-electron chi connectivity index (χ4n) is 9.50. The first-order valence-corrected chi connectivity index (χ1v) is 21.9. The molecule has 16 nitrogen and oxygen atoms in total. The van der Waals surface area contributed by atoms with E-state index in [1.807, 2.05) is 68.7 Å². The van der Waals surface area contributed by atoms with E-state index in [0.717, 1.165) is 54.4 Å². The van der Waals surface area contributed by atoms with Crippen LogP contribution < -0.4 is 15.4 Å². The Morgan fingerprint density at radius 3 is 1.79 bits per heavy atom. The molecule has 0 spiro atoms. The first-order chi connectivity index (χ1) is 30.4. The smallest absolute Gasteiger partial charge is 0.407 e. The Bertz CT molecular complexity index is 2580. The van der Waals surface area contributed by atoms with Gasteiger partial charge in [0.05, 0.1) is 61.3 Å². The van der Waals surface area contributed by atoms with Crippen LogP contribution in [-0.2, 0) is 19.1 Å². The standard InChI is InChI=1S/C46H54FN9O7/c1-23(2)37(52-45(59)61-5)42(57)54-17-7-9-33(54)40-48-21-30(50-40)26-14-16-32-29(19-26)36(47)39-28-15-13-27(20-35(28)63-44(56(32)39)25-11-12-25)31-22-49-41(51-31)34-10-8-18-55(34)43(58)38(24(3)4)53-46(60)62-6/h13-16,19-25,33-34,37-38,44H,7-12,17-18H2,1-6H3,(H,48,50)(H,49,51)(H,52,59)(H,53,60)/t33-,34-,37-,38-,44?/m0/s1. The van der Waals surface area contributed by atoms with Gasteiger partial charge in [0.1, 0.15) is 29.5 Å². The summed E-state index contributed by atoms with van der Waals surface area (Å²) in [5.41, 5.74) is 4.86. The number of imidazole rings is 2. The lowest BCUT2D eigenvalue weighted by Crippen LogP contribution is -2.51. The Morgan fingerprint density at radius 1 is 0.762 bits per heavy atom. The summed E-state index contributed by atoms with van der Waals surface area (Å²) in [4.78, 5) is 71.4. The highest BCUT2D eigenvalue weighted by Crippen LogP contribution is 2.52. The summed E-state index contributed by atoms with van der Waals surface area (Å²) in [6, 6.07) is 9.40. The number of methoxy groups -OCH3 is 2. The Hall–Kier alpha value is -6.39. The number of carbonyl (C=O) groups excluding carboxylic acids is 4. The van der Waals surface area contributed by atoms with Crippen LogP contribution in [0.2, 0.25) is 0 Å². The molecule has 1 unspecified atom stereocenters. The van der Waals surface area contributed by atoms with E-state index in [0.29, 0.717) is 59.2 Å². The highest BCUT2D eigenvalue weighted by Gasteiger charge is 2.42. The van der Waals surface area contributed by atoms with Gasteiger partial charge < -0.3 is 49.2 Å². The molecule has 1 aliphatic carbocycles. The number of alkyl carbamates (subject to hydrolysis) is 2. The molecule has 0 radical (unpaired) electrons. The lowest BCUT2D eigenvalue weighted by atomic mass is 10.0. The van der Waals surface area contributed by atoms with Gasteiger partial charge in [-0.25, -0.2) is 23.9 Å². The van der Waals surface area contributed by atoms with Crippen molar-refractivity contribution < 1.29 is 37.8 Å².